The highest BCUT2D eigenvalue weighted by Gasteiger charge is 2.09. The van der Waals surface area contributed by atoms with Gasteiger partial charge in [0.05, 0.1) is 12.4 Å². The molecule has 0 spiro atoms. The molecule has 0 radical (unpaired) electrons. The van der Waals surface area contributed by atoms with E-state index in [9.17, 15) is 0 Å². The maximum absolute atomic E-state index is 5.58. The minimum Gasteiger partial charge on any atom is -0.436 e. The van der Waals surface area contributed by atoms with Gasteiger partial charge in [0.2, 0.25) is 11.8 Å². The zero-order valence-corrected chi connectivity index (χ0v) is 8.66. The van der Waals surface area contributed by atoms with Gasteiger partial charge in [-0.05, 0) is 12.1 Å². The molecule has 0 saturated heterocycles. The monoisotopic (exact) mass is 228 g/mol. The fourth-order valence-electron chi connectivity index (χ4n) is 1.42. The number of aromatic nitrogens is 5. The van der Waals surface area contributed by atoms with Crippen molar-refractivity contribution in [3.63, 3.8) is 0 Å². The van der Waals surface area contributed by atoms with Crippen LogP contribution in [0.4, 0.5) is 5.95 Å². The number of nitrogens with two attached hydrogens (primary N) is 1. The van der Waals surface area contributed by atoms with Crippen molar-refractivity contribution in [1.82, 2.24) is 25.1 Å². The minimum atomic E-state index is 0.126. The molecule has 3 aromatic heterocycles. The fraction of sp³-hybridized carbons (Fsp3) is 0. The van der Waals surface area contributed by atoms with E-state index in [2.05, 4.69) is 25.1 Å². The highest BCUT2D eigenvalue weighted by Crippen LogP contribution is 2.25. The Balaban J connectivity index is 2.08. The number of pyridine rings is 1. The van der Waals surface area contributed by atoms with Crippen molar-refractivity contribution in [3.05, 3.63) is 30.7 Å². The van der Waals surface area contributed by atoms with Gasteiger partial charge < -0.3 is 10.5 Å². The summed E-state index contributed by atoms with van der Waals surface area (Å²) < 4.78 is 5.58. The number of hydrogen-bond acceptors (Lipinski definition) is 6. The zero-order chi connectivity index (χ0) is 11.7. The van der Waals surface area contributed by atoms with Crippen molar-refractivity contribution in [1.29, 1.82) is 0 Å². The van der Waals surface area contributed by atoms with Crippen molar-refractivity contribution in [2.24, 2.45) is 0 Å². The number of ether oxygens (including phenoxy) is 1. The van der Waals surface area contributed by atoms with Gasteiger partial charge in [-0.15, -0.1) is 0 Å². The van der Waals surface area contributed by atoms with E-state index in [1.807, 2.05) is 0 Å². The third kappa shape index (κ3) is 1.73. The number of rotatable bonds is 2. The Morgan fingerprint density at radius 3 is 3.00 bits per heavy atom. The van der Waals surface area contributed by atoms with E-state index >= 15 is 0 Å². The van der Waals surface area contributed by atoms with Gasteiger partial charge in [-0.2, -0.15) is 15.1 Å². The molecule has 17 heavy (non-hydrogen) atoms. The van der Waals surface area contributed by atoms with E-state index in [-0.39, 0.29) is 5.95 Å². The number of nitrogen functional groups attached to an aromatic ring is 1. The molecule has 84 valence electrons. The van der Waals surface area contributed by atoms with Crippen molar-refractivity contribution in [2.75, 3.05) is 5.73 Å². The Morgan fingerprint density at radius 1 is 1.24 bits per heavy atom. The van der Waals surface area contributed by atoms with Crippen LogP contribution in [0, 0.1) is 0 Å². The average Bonchev–Trinajstić information content (AvgIpc) is 2.78. The normalized spacial score (nSPS) is 10.6. The van der Waals surface area contributed by atoms with E-state index in [1.54, 1.807) is 30.7 Å². The lowest BCUT2D eigenvalue weighted by molar-refractivity contribution is 0.467. The van der Waals surface area contributed by atoms with Crippen LogP contribution in [0.3, 0.4) is 0 Å². The van der Waals surface area contributed by atoms with Gasteiger partial charge in [0.15, 0.2) is 5.65 Å². The van der Waals surface area contributed by atoms with Gasteiger partial charge >= 0.3 is 0 Å². The van der Waals surface area contributed by atoms with Gasteiger partial charge in [0, 0.05) is 6.20 Å². The first kappa shape index (κ1) is 9.52. The summed E-state index contributed by atoms with van der Waals surface area (Å²) >= 11 is 0. The molecule has 3 rings (SSSR count). The summed E-state index contributed by atoms with van der Waals surface area (Å²) in [6.07, 6.45) is 4.83. The Labute approximate surface area is 95.7 Å². The largest absolute Gasteiger partial charge is 0.436 e. The van der Waals surface area contributed by atoms with Crippen LogP contribution in [-0.2, 0) is 0 Å². The number of H-pyrrole nitrogens is 1. The highest BCUT2D eigenvalue weighted by molar-refractivity contribution is 5.80. The van der Waals surface area contributed by atoms with Gasteiger partial charge in [0.25, 0.3) is 0 Å². The molecule has 0 unspecified atom stereocenters. The quantitative estimate of drug-likeness (QED) is 0.681. The second-order valence-electron chi connectivity index (χ2n) is 3.31. The molecule has 3 aromatic rings. The van der Waals surface area contributed by atoms with Gasteiger partial charge in [-0.25, -0.2) is 0 Å². The third-order valence-corrected chi connectivity index (χ3v) is 2.14. The number of nitrogens with one attached hydrogen (secondary N) is 1. The molecule has 7 nitrogen and oxygen atoms in total. The predicted molar refractivity (Wildman–Crippen MR) is 60.4 cm³/mol. The standard InChI is InChI=1S/C10H8N6O/c11-10-14-8-7(5-13-16-8)9(15-10)17-6-2-1-3-12-4-6/h1-5H,(H3,11,13,14,15,16). The first-order valence-electron chi connectivity index (χ1n) is 4.87. The van der Waals surface area contributed by atoms with Crippen molar-refractivity contribution >= 4 is 17.0 Å². The Morgan fingerprint density at radius 2 is 2.18 bits per heavy atom. The van der Waals surface area contributed by atoms with Crippen LogP contribution >= 0.6 is 0 Å². The first-order valence-corrected chi connectivity index (χ1v) is 4.87. The van der Waals surface area contributed by atoms with Crippen LogP contribution in [0.1, 0.15) is 0 Å². The van der Waals surface area contributed by atoms with Crippen molar-refractivity contribution in [2.45, 2.75) is 0 Å². The summed E-state index contributed by atoms with van der Waals surface area (Å²) in [5.41, 5.74) is 6.11. The van der Waals surface area contributed by atoms with Crippen LogP contribution in [0.2, 0.25) is 0 Å². The number of fused-ring (bicyclic) bond motifs is 1. The van der Waals surface area contributed by atoms with E-state index in [1.165, 1.54) is 0 Å². The maximum atomic E-state index is 5.58. The van der Waals surface area contributed by atoms with E-state index < -0.39 is 0 Å². The lowest BCUT2D eigenvalue weighted by atomic mass is 10.4. The van der Waals surface area contributed by atoms with Gasteiger partial charge in [0.1, 0.15) is 11.1 Å². The summed E-state index contributed by atoms with van der Waals surface area (Å²) in [6, 6.07) is 3.55. The Hall–Kier alpha value is -2.70. The summed E-state index contributed by atoms with van der Waals surface area (Å²) in [4.78, 5) is 12.0. The SMILES string of the molecule is Nc1nc(Oc2cccnc2)c2cn[nH]c2n1. The highest BCUT2D eigenvalue weighted by atomic mass is 16.5. The maximum Gasteiger partial charge on any atom is 0.235 e. The number of hydrogen-bond donors (Lipinski definition) is 2. The summed E-state index contributed by atoms with van der Waals surface area (Å²) in [5, 5.41) is 7.25. The predicted octanol–water partition coefficient (Wildman–Crippen LogP) is 1.12. The third-order valence-electron chi connectivity index (χ3n) is 2.14. The molecular weight excluding hydrogens is 220 g/mol. The molecule has 7 heteroatoms. The second kappa shape index (κ2) is 3.71. The Bertz CT molecular complexity index is 650. The topological polar surface area (TPSA) is 103 Å². The minimum absolute atomic E-state index is 0.126. The lowest BCUT2D eigenvalue weighted by Crippen LogP contribution is -1.98. The molecular formula is C10H8N6O. The van der Waals surface area contributed by atoms with Crippen LogP contribution in [-0.4, -0.2) is 25.1 Å². The molecule has 0 saturated carbocycles. The summed E-state index contributed by atoms with van der Waals surface area (Å²) in [7, 11) is 0. The molecule has 0 aliphatic carbocycles. The van der Waals surface area contributed by atoms with Crippen LogP contribution in [0.25, 0.3) is 11.0 Å². The Kier molecular flexibility index (Phi) is 2.08. The van der Waals surface area contributed by atoms with Gasteiger partial charge in [-0.1, -0.05) is 0 Å². The molecule has 3 N–H and O–H groups in total. The lowest BCUT2D eigenvalue weighted by Gasteiger charge is -2.04. The first-order chi connectivity index (χ1) is 8.33. The molecule has 0 amide bonds. The van der Waals surface area contributed by atoms with E-state index in [0.717, 1.165) is 0 Å². The van der Waals surface area contributed by atoms with Crippen LogP contribution < -0.4 is 10.5 Å². The molecule has 0 aromatic carbocycles. The van der Waals surface area contributed by atoms with E-state index in [4.69, 9.17) is 10.5 Å². The average molecular weight is 228 g/mol. The van der Waals surface area contributed by atoms with Gasteiger partial charge in [-0.3, -0.25) is 10.1 Å². The molecule has 3 heterocycles. The summed E-state index contributed by atoms with van der Waals surface area (Å²) in [6.45, 7) is 0. The molecule has 0 atom stereocenters. The molecule has 0 fully saturated rings. The number of anilines is 1. The van der Waals surface area contributed by atoms with E-state index in [0.29, 0.717) is 22.7 Å². The second-order valence-corrected chi connectivity index (χ2v) is 3.31. The number of nitrogens with zero attached hydrogens (tertiary/aromatic N) is 4. The number of aromatic amines is 1. The van der Waals surface area contributed by atoms with Crippen LogP contribution in [0.15, 0.2) is 30.7 Å². The van der Waals surface area contributed by atoms with Crippen molar-refractivity contribution < 1.29 is 4.74 Å². The smallest absolute Gasteiger partial charge is 0.235 e. The van der Waals surface area contributed by atoms with Crippen LogP contribution in [0.5, 0.6) is 11.6 Å². The molecule has 0 bridgehead atoms. The molecule has 0 aliphatic heterocycles. The zero-order valence-electron chi connectivity index (χ0n) is 8.66. The summed E-state index contributed by atoms with van der Waals surface area (Å²) in [5.74, 6) is 1.06. The van der Waals surface area contributed by atoms with Crippen molar-refractivity contribution in [3.8, 4) is 11.6 Å². The fourth-order valence-corrected chi connectivity index (χ4v) is 1.42. The molecule has 0 aliphatic rings.